The average Bonchev–Trinajstić information content (AvgIpc) is 3.14. The summed E-state index contributed by atoms with van der Waals surface area (Å²) in [5.41, 5.74) is 0. The first kappa shape index (κ1) is 50.1. The maximum atomic E-state index is 12.7. The largest absolute Gasteiger partial charge is 0.462 e. The van der Waals surface area contributed by atoms with Gasteiger partial charge in [-0.2, -0.15) is 0 Å². The number of carbonyl (C=O) groups excluding carboxylic acids is 2. The molecule has 1 unspecified atom stereocenters. The molecule has 0 aromatic rings. The first-order valence-corrected chi connectivity index (χ1v) is 22.5. The molecule has 5 heteroatoms. The highest BCUT2D eigenvalue weighted by Crippen LogP contribution is 2.13. The second-order valence-corrected chi connectivity index (χ2v) is 15.0. The number of hydrogen-bond donors (Lipinski definition) is 0. The van der Waals surface area contributed by atoms with Crippen molar-refractivity contribution < 1.29 is 23.8 Å². The Morgan fingerprint density at radius 3 is 1.33 bits per heavy atom. The van der Waals surface area contributed by atoms with E-state index < -0.39 is 6.10 Å². The Balaban J connectivity index is 4.15. The topological polar surface area (TPSA) is 61.8 Å². The van der Waals surface area contributed by atoms with Crippen LogP contribution in [-0.4, -0.2) is 37.9 Å². The molecule has 0 radical (unpaired) electrons. The Hall–Kier alpha value is -1.88. The first-order chi connectivity index (χ1) is 25.6. The van der Waals surface area contributed by atoms with Gasteiger partial charge in [0.15, 0.2) is 6.10 Å². The molecular formula is C47H86O5. The van der Waals surface area contributed by atoms with Gasteiger partial charge in [0, 0.05) is 19.4 Å². The van der Waals surface area contributed by atoms with Crippen molar-refractivity contribution in [2.75, 3.05) is 19.8 Å². The zero-order chi connectivity index (χ0) is 37.8. The van der Waals surface area contributed by atoms with E-state index in [4.69, 9.17) is 14.2 Å². The Kier molecular flexibility index (Phi) is 42.0. The van der Waals surface area contributed by atoms with Gasteiger partial charge in [-0.3, -0.25) is 9.59 Å². The van der Waals surface area contributed by atoms with Crippen molar-refractivity contribution in [3.05, 3.63) is 36.5 Å². The van der Waals surface area contributed by atoms with Crippen molar-refractivity contribution in [3.63, 3.8) is 0 Å². The van der Waals surface area contributed by atoms with Crippen LogP contribution in [0.1, 0.15) is 226 Å². The third kappa shape index (κ3) is 40.9. The van der Waals surface area contributed by atoms with Gasteiger partial charge in [-0.25, -0.2) is 0 Å². The molecule has 0 aliphatic rings. The number of ether oxygens (including phenoxy) is 3. The van der Waals surface area contributed by atoms with Gasteiger partial charge in [0.1, 0.15) is 6.61 Å². The SMILES string of the molecule is CCCCC/C=C\C/C=C\CCCCCCCC(=O)OCC(COCCCCCCCC)OC(=O)CCCCCCC/C=C\CCCCCCCC. The first-order valence-electron chi connectivity index (χ1n) is 22.5. The van der Waals surface area contributed by atoms with Crippen LogP contribution < -0.4 is 0 Å². The van der Waals surface area contributed by atoms with Crippen LogP contribution in [0.3, 0.4) is 0 Å². The maximum Gasteiger partial charge on any atom is 0.306 e. The quantitative estimate of drug-likeness (QED) is 0.0356. The number of allylic oxidation sites excluding steroid dienone is 6. The van der Waals surface area contributed by atoms with Crippen molar-refractivity contribution >= 4 is 11.9 Å². The van der Waals surface area contributed by atoms with E-state index in [1.165, 1.54) is 122 Å². The molecule has 0 fully saturated rings. The molecule has 304 valence electrons. The van der Waals surface area contributed by atoms with E-state index in [0.717, 1.165) is 70.6 Å². The van der Waals surface area contributed by atoms with Gasteiger partial charge in [-0.05, 0) is 77.0 Å². The van der Waals surface area contributed by atoms with Crippen molar-refractivity contribution in [2.24, 2.45) is 0 Å². The molecule has 0 aliphatic carbocycles. The molecule has 0 aromatic heterocycles. The summed E-state index contributed by atoms with van der Waals surface area (Å²) in [6.07, 6.45) is 50.0. The maximum absolute atomic E-state index is 12.7. The standard InChI is InChI=1S/C47H86O5/c1-4-7-10-13-16-18-20-22-24-26-28-30-32-34-37-40-46(48)51-44-45(43-50-42-39-36-15-12-9-6-3)52-47(49)41-38-35-33-31-29-27-25-23-21-19-17-14-11-8-5-2/h16,18,22-25,45H,4-15,17,19-21,26-44H2,1-3H3/b18-16-,24-22-,25-23-. The minimum absolute atomic E-state index is 0.0771. The summed E-state index contributed by atoms with van der Waals surface area (Å²) in [6, 6.07) is 0. The molecule has 0 rings (SSSR count). The number of carbonyl (C=O) groups is 2. The van der Waals surface area contributed by atoms with Crippen molar-refractivity contribution in [3.8, 4) is 0 Å². The minimum atomic E-state index is -0.538. The van der Waals surface area contributed by atoms with Gasteiger partial charge in [0.25, 0.3) is 0 Å². The Morgan fingerprint density at radius 2 is 0.808 bits per heavy atom. The summed E-state index contributed by atoms with van der Waals surface area (Å²) in [5, 5.41) is 0. The molecular weight excluding hydrogens is 645 g/mol. The van der Waals surface area contributed by atoms with E-state index in [-0.39, 0.29) is 25.2 Å². The second kappa shape index (κ2) is 43.5. The smallest absolute Gasteiger partial charge is 0.306 e. The Bertz CT molecular complexity index is 832. The van der Waals surface area contributed by atoms with Crippen LogP contribution in [0, 0.1) is 0 Å². The number of unbranched alkanes of at least 4 members (excludes halogenated alkanes) is 24. The number of hydrogen-bond acceptors (Lipinski definition) is 5. The molecule has 0 bridgehead atoms. The Labute approximate surface area is 323 Å². The van der Waals surface area contributed by atoms with Gasteiger partial charge < -0.3 is 14.2 Å². The van der Waals surface area contributed by atoms with Crippen LogP contribution in [0.2, 0.25) is 0 Å². The normalized spacial score (nSPS) is 12.4. The fourth-order valence-corrected chi connectivity index (χ4v) is 6.24. The molecule has 0 aliphatic heterocycles. The lowest BCUT2D eigenvalue weighted by atomic mass is 10.1. The molecule has 0 amide bonds. The van der Waals surface area contributed by atoms with Crippen LogP contribution >= 0.6 is 0 Å². The molecule has 0 N–H and O–H groups in total. The van der Waals surface area contributed by atoms with Gasteiger partial charge >= 0.3 is 11.9 Å². The number of rotatable bonds is 41. The molecule has 5 nitrogen and oxygen atoms in total. The summed E-state index contributed by atoms with van der Waals surface area (Å²) >= 11 is 0. The summed E-state index contributed by atoms with van der Waals surface area (Å²) in [6.45, 7) is 7.75. The zero-order valence-corrected chi connectivity index (χ0v) is 34.8. The molecule has 0 spiro atoms. The average molecular weight is 731 g/mol. The highest BCUT2D eigenvalue weighted by molar-refractivity contribution is 5.70. The lowest BCUT2D eigenvalue weighted by Crippen LogP contribution is -2.30. The summed E-state index contributed by atoms with van der Waals surface area (Å²) < 4.78 is 17.2. The number of esters is 2. The van der Waals surface area contributed by atoms with E-state index in [1.54, 1.807) is 0 Å². The molecule has 0 saturated heterocycles. The van der Waals surface area contributed by atoms with E-state index >= 15 is 0 Å². The van der Waals surface area contributed by atoms with Crippen LogP contribution in [0.25, 0.3) is 0 Å². The molecule has 52 heavy (non-hydrogen) atoms. The second-order valence-electron chi connectivity index (χ2n) is 15.0. The fourth-order valence-electron chi connectivity index (χ4n) is 6.24. The highest BCUT2D eigenvalue weighted by atomic mass is 16.6. The molecule has 1 atom stereocenters. The molecule has 0 heterocycles. The van der Waals surface area contributed by atoms with Crippen molar-refractivity contribution in [1.29, 1.82) is 0 Å². The summed E-state index contributed by atoms with van der Waals surface area (Å²) in [4.78, 5) is 25.1. The zero-order valence-electron chi connectivity index (χ0n) is 34.8. The van der Waals surface area contributed by atoms with Gasteiger partial charge in [-0.15, -0.1) is 0 Å². The van der Waals surface area contributed by atoms with Crippen LogP contribution in [0.4, 0.5) is 0 Å². The molecule has 0 aromatic carbocycles. The van der Waals surface area contributed by atoms with Crippen LogP contribution in [0.15, 0.2) is 36.5 Å². The van der Waals surface area contributed by atoms with E-state index in [0.29, 0.717) is 19.4 Å². The fraction of sp³-hybridized carbons (Fsp3) is 0.830. The third-order valence-electron chi connectivity index (χ3n) is 9.65. The van der Waals surface area contributed by atoms with Crippen molar-refractivity contribution in [1.82, 2.24) is 0 Å². The molecule has 0 saturated carbocycles. The third-order valence-corrected chi connectivity index (χ3v) is 9.65. The van der Waals surface area contributed by atoms with E-state index in [2.05, 4.69) is 57.2 Å². The summed E-state index contributed by atoms with van der Waals surface area (Å²) in [7, 11) is 0. The highest BCUT2D eigenvalue weighted by Gasteiger charge is 2.17. The summed E-state index contributed by atoms with van der Waals surface area (Å²) in [5.74, 6) is -0.421. The van der Waals surface area contributed by atoms with E-state index in [9.17, 15) is 9.59 Å². The predicted molar refractivity (Wildman–Crippen MR) is 224 cm³/mol. The van der Waals surface area contributed by atoms with Gasteiger partial charge in [0.2, 0.25) is 0 Å². The predicted octanol–water partition coefficient (Wildman–Crippen LogP) is 14.7. The van der Waals surface area contributed by atoms with Crippen molar-refractivity contribution in [2.45, 2.75) is 232 Å². The monoisotopic (exact) mass is 731 g/mol. The van der Waals surface area contributed by atoms with Crippen LogP contribution in [-0.2, 0) is 23.8 Å². The van der Waals surface area contributed by atoms with Gasteiger partial charge in [0.05, 0.1) is 6.61 Å². The minimum Gasteiger partial charge on any atom is -0.462 e. The lowest BCUT2D eigenvalue weighted by molar-refractivity contribution is -0.163. The van der Waals surface area contributed by atoms with Crippen LogP contribution in [0.5, 0.6) is 0 Å². The van der Waals surface area contributed by atoms with Gasteiger partial charge in [-0.1, -0.05) is 173 Å². The lowest BCUT2D eigenvalue weighted by Gasteiger charge is -2.18. The Morgan fingerprint density at radius 1 is 0.423 bits per heavy atom. The van der Waals surface area contributed by atoms with E-state index in [1.807, 2.05) is 0 Å².